The average Bonchev–Trinajstić information content (AvgIpc) is 2.91. The second-order valence-electron chi connectivity index (χ2n) is 5.53. The number of nitrogens with zero attached hydrogens (tertiary/aromatic N) is 1. The first-order valence-electron chi connectivity index (χ1n) is 7.63. The summed E-state index contributed by atoms with van der Waals surface area (Å²) in [6.45, 7) is 5.31. The highest BCUT2D eigenvalue weighted by Crippen LogP contribution is 2.25. The molecule has 0 aliphatic carbocycles. The van der Waals surface area contributed by atoms with Crippen molar-refractivity contribution >= 4 is 16.9 Å². The van der Waals surface area contributed by atoms with Gasteiger partial charge in [-0.2, -0.15) is 0 Å². The number of fused-ring (bicyclic) bond motifs is 1. The highest BCUT2D eigenvalue weighted by Gasteiger charge is 2.12. The van der Waals surface area contributed by atoms with Gasteiger partial charge in [0.25, 0.3) is 0 Å². The van der Waals surface area contributed by atoms with Crippen molar-refractivity contribution in [2.45, 2.75) is 27.0 Å². The summed E-state index contributed by atoms with van der Waals surface area (Å²) in [5.41, 5.74) is 3.40. The molecule has 0 amide bonds. The maximum Gasteiger partial charge on any atom is 0.335 e. The van der Waals surface area contributed by atoms with Crippen molar-refractivity contribution in [1.82, 2.24) is 4.57 Å². The van der Waals surface area contributed by atoms with Gasteiger partial charge in [-0.1, -0.05) is 18.2 Å². The summed E-state index contributed by atoms with van der Waals surface area (Å²) in [4.78, 5) is 11.2. The van der Waals surface area contributed by atoms with Crippen molar-refractivity contribution in [1.29, 1.82) is 0 Å². The summed E-state index contributed by atoms with van der Waals surface area (Å²) < 4.78 is 8.04. The Balaban J connectivity index is 1.97. The molecule has 0 radical (unpaired) electrons. The number of aromatic nitrogens is 1. The smallest absolute Gasteiger partial charge is 0.335 e. The van der Waals surface area contributed by atoms with Crippen LogP contribution in [0.4, 0.5) is 0 Å². The van der Waals surface area contributed by atoms with Crippen LogP contribution in [0.1, 0.15) is 28.4 Å². The van der Waals surface area contributed by atoms with Crippen molar-refractivity contribution in [2.75, 3.05) is 0 Å². The third-order valence-electron chi connectivity index (χ3n) is 4.03. The number of carboxylic acids is 1. The number of hydrogen-bond acceptors (Lipinski definition) is 2. The molecule has 0 bridgehead atoms. The minimum Gasteiger partial charge on any atom is -0.489 e. The van der Waals surface area contributed by atoms with Crippen LogP contribution in [0.3, 0.4) is 0 Å². The minimum atomic E-state index is -0.915. The summed E-state index contributed by atoms with van der Waals surface area (Å²) in [6.07, 6.45) is 2.04. The average molecular weight is 309 g/mol. The molecule has 1 N–H and O–H groups in total. The normalized spacial score (nSPS) is 10.9. The highest BCUT2D eigenvalue weighted by molar-refractivity contribution is 5.95. The van der Waals surface area contributed by atoms with E-state index in [4.69, 9.17) is 4.74 Å². The van der Waals surface area contributed by atoms with E-state index in [-0.39, 0.29) is 0 Å². The van der Waals surface area contributed by atoms with Gasteiger partial charge in [0.2, 0.25) is 0 Å². The standard InChI is InChI=1S/C19H19NO3/c1-3-20-11-15(12-23-18-7-5-4-6-13(18)2)16-10-14(19(21)22)8-9-17(16)20/h4-11H,3,12H2,1-2H3,(H,21,22). The minimum absolute atomic E-state index is 0.295. The van der Waals surface area contributed by atoms with E-state index in [1.54, 1.807) is 12.1 Å². The number of aromatic carboxylic acids is 1. The van der Waals surface area contributed by atoms with Gasteiger partial charge >= 0.3 is 5.97 Å². The van der Waals surface area contributed by atoms with E-state index in [0.717, 1.165) is 34.3 Å². The van der Waals surface area contributed by atoms with E-state index in [1.807, 2.05) is 43.5 Å². The number of rotatable bonds is 5. The van der Waals surface area contributed by atoms with E-state index in [9.17, 15) is 9.90 Å². The topological polar surface area (TPSA) is 51.5 Å². The molecule has 0 fully saturated rings. The van der Waals surface area contributed by atoms with E-state index >= 15 is 0 Å². The number of benzene rings is 2. The molecule has 118 valence electrons. The second-order valence-corrected chi connectivity index (χ2v) is 5.53. The van der Waals surface area contributed by atoms with Gasteiger partial charge in [0.05, 0.1) is 5.56 Å². The van der Waals surface area contributed by atoms with Crippen molar-refractivity contribution in [2.24, 2.45) is 0 Å². The first-order chi connectivity index (χ1) is 11.1. The molecule has 3 aromatic rings. The number of carbonyl (C=O) groups is 1. The van der Waals surface area contributed by atoms with Crippen LogP contribution in [0, 0.1) is 6.92 Å². The Morgan fingerprint density at radius 1 is 1.22 bits per heavy atom. The lowest BCUT2D eigenvalue weighted by Crippen LogP contribution is -1.98. The van der Waals surface area contributed by atoms with E-state index in [1.165, 1.54) is 0 Å². The fraction of sp³-hybridized carbons (Fsp3) is 0.211. The van der Waals surface area contributed by atoms with Gasteiger partial charge in [-0.3, -0.25) is 0 Å². The molecular weight excluding hydrogens is 290 g/mol. The van der Waals surface area contributed by atoms with E-state index < -0.39 is 5.97 Å². The predicted molar refractivity (Wildman–Crippen MR) is 90.1 cm³/mol. The van der Waals surface area contributed by atoms with Gasteiger partial charge in [0.1, 0.15) is 12.4 Å². The quantitative estimate of drug-likeness (QED) is 0.766. The molecule has 0 aliphatic rings. The summed E-state index contributed by atoms with van der Waals surface area (Å²) >= 11 is 0. The van der Waals surface area contributed by atoms with Crippen LogP contribution < -0.4 is 4.74 Å². The van der Waals surface area contributed by atoms with Crippen molar-refractivity contribution in [3.8, 4) is 5.75 Å². The lowest BCUT2D eigenvalue weighted by Gasteiger charge is -2.08. The molecule has 1 heterocycles. The number of ether oxygens (including phenoxy) is 1. The third-order valence-corrected chi connectivity index (χ3v) is 4.03. The van der Waals surface area contributed by atoms with Crippen LogP contribution in [-0.2, 0) is 13.2 Å². The molecule has 0 saturated heterocycles. The molecule has 4 heteroatoms. The van der Waals surface area contributed by atoms with Gasteiger partial charge in [-0.05, 0) is 43.7 Å². The summed E-state index contributed by atoms with van der Waals surface area (Å²) in [5, 5.41) is 10.1. The van der Waals surface area contributed by atoms with Crippen LogP contribution in [0.2, 0.25) is 0 Å². The molecule has 1 aromatic heterocycles. The second kappa shape index (κ2) is 6.16. The first-order valence-corrected chi connectivity index (χ1v) is 7.63. The van der Waals surface area contributed by atoms with Crippen LogP contribution >= 0.6 is 0 Å². The summed E-state index contributed by atoms with van der Waals surface area (Å²) in [7, 11) is 0. The molecule has 4 nitrogen and oxygen atoms in total. The Labute approximate surface area is 134 Å². The van der Waals surface area contributed by atoms with Crippen LogP contribution in [0.5, 0.6) is 5.75 Å². The van der Waals surface area contributed by atoms with Crippen LogP contribution in [-0.4, -0.2) is 15.6 Å². The molecule has 0 aliphatic heterocycles. The summed E-state index contributed by atoms with van der Waals surface area (Å²) in [5.74, 6) is -0.0683. The SMILES string of the molecule is CCn1cc(COc2ccccc2C)c2cc(C(=O)O)ccc21. The molecule has 3 rings (SSSR count). The monoisotopic (exact) mass is 309 g/mol. The zero-order valence-corrected chi connectivity index (χ0v) is 13.2. The molecule has 2 aromatic carbocycles. The molecule has 0 saturated carbocycles. The molecule has 0 unspecified atom stereocenters. The Kier molecular flexibility index (Phi) is 4.06. The fourth-order valence-corrected chi connectivity index (χ4v) is 2.75. The van der Waals surface area contributed by atoms with Crippen molar-refractivity contribution < 1.29 is 14.6 Å². The largest absolute Gasteiger partial charge is 0.489 e. The molecular formula is C19H19NO3. The first kappa shape index (κ1) is 15.2. The predicted octanol–water partition coefficient (Wildman–Crippen LogP) is 4.25. The lowest BCUT2D eigenvalue weighted by molar-refractivity contribution is 0.0697. The zero-order valence-electron chi connectivity index (χ0n) is 13.2. The van der Waals surface area contributed by atoms with Crippen LogP contribution in [0.25, 0.3) is 10.9 Å². The molecule has 0 atom stereocenters. The van der Waals surface area contributed by atoms with Gasteiger partial charge in [0.15, 0.2) is 0 Å². The van der Waals surface area contributed by atoms with Crippen molar-refractivity contribution in [3.05, 3.63) is 65.4 Å². The Hall–Kier alpha value is -2.75. The molecule has 0 spiro atoms. The Morgan fingerprint density at radius 2 is 2.00 bits per heavy atom. The molecule has 23 heavy (non-hydrogen) atoms. The van der Waals surface area contributed by atoms with E-state index in [2.05, 4.69) is 11.5 Å². The number of hydrogen-bond donors (Lipinski definition) is 1. The highest BCUT2D eigenvalue weighted by atomic mass is 16.5. The van der Waals surface area contributed by atoms with Crippen LogP contribution in [0.15, 0.2) is 48.7 Å². The zero-order chi connectivity index (χ0) is 16.4. The number of aryl methyl sites for hydroxylation is 2. The number of para-hydroxylation sites is 1. The van der Waals surface area contributed by atoms with Gasteiger partial charge in [-0.25, -0.2) is 4.79 Å². The van der Waals surface area contributed by atoms with Gasteiger partial charge < -0.3 is 14.4 Å². The summed E-state index contributed by atoms with van der Waals surface area (Å²) in [6, 6.07) is 13.1. The Bertz CT molecular complexity index is 864. The number of carboxylic acid groups (broad SMARTS) is 1. The third kappa shape index (κ3) is 2.93. The van der Waals surface area contributed by atoms with Gasteiger partial charge in [-0.15, -0.1) is 0 Å². The lowest BCUT2D eigenvalue weighted by atomic mass is 10.1. The van der Waals surface area contributed by atoms with Gasteiger partial charge in [0, 0.05) is 29.2 Å². The maximum absolute atomic E-state index is 11.2. The fourth-order valence-electron chi connectivity index (χ4n) is 2.75. The van der Waals surface area contributed by atoms with E-state index in [0.29, 0.717) is 12.2 Å². The Morgan fingerprint density at radius 3 is 2.70 bits per heavy atom. The maximum atomic E-state index is 11.2. The van der Waals surface area contributed by atoms with Crippen molar-refractivity contribution in [3.63, 3.8) is 0 Å².